The average molecular weight is 568 g/mol. The van der Waals surface area contributed by atoms with E-state index in [2.05, 4.69) is 0 Å². The van der Waals surface area contributed by atoms with Gasteiger partial charge >= 0.3 is 5.97 Å². The van der Waals surface area contributed by atoms with Crippen molar-refractivity contribution in [3.05, 3.63) is 119 Å². The number of aliphatic carboxylic acids is 1. The molecule has 0 aromatic heterocycles. The molecule has 216 valence electrons. The van der Waals surface area contributed by atoms with Crippen LogP contribution in [0.1, 0.15) is 22.3 Å². The highest BCUT2D eigenvalue weighted by molar-refractivity contribution is 5.85. The third kappa shape index (κ3) is 5.35. The van der Waals surface area contributed by atoms with Gasteiger partial charge in [-0.05, 0) is 40.8 Å². The van der Waals surface area contributed by atoms with Crippen LogP contribution < -0.4 is 18.9 Å². The Balaban J connectivity index is 1.71. The topological polar surface area (TPSA) is 94.5 Å². The highest BCUT2D eigenvalue weighted by atomic mass is 16.5. The van der Waals surface area contributed by atoms with E-state index in [-0.39, 0.29) is 18.1 Å². The summed E-state index contributed by atoms with van der Waals surface area (Å²) in [5, 5.41) is 10.9. The van der Waals surface area contributed by atoms with E-state index in [0.29, 0.717) is 41.3 Å². The zero-order valence-corrected chi connectivity index (χ0v) is 23.8. The number of hydrogen-bond donors (Lipinski definition) is 1. The first-order chi connectivity index (χ1) is 20.4. The molecule has 0 spiro atoms. The summed E-state index contributed by atoms with van der Waals surface area (Å²) in [6.07, 6.45) is -0.892. The Hall–Kier alpha value is -4.98. The number of benzene rings is 4. The summed E-state index contributed by atoms with van der Waals surface area (Å²) in [5.74, 6) is 0.359. The largest absolute Gasteiger partial charge is 0.497 e. The van der Waals surface area contributed by atoms with Crippen molar-refractivity contribution in [2.75, 3.05) is 27.9 Å². The van der Waals surface area contributed by atoms with Crippen LogP contribution in [-0.4, -0.2) is 55.9 Å². The molecule has 42 heavy (non-hydrogen) atoms. The number of carbonyl (C=O) groups is 2. The minimum Gasteiger partial charge on any atom is -0.497 e. The van der Waals surface area contributed by atoms with Gasteiger partial charge in [0.2, 0.25) is 12.0 Å². The molecule has 0 aliphatic carbocycles. The molecular weight excluding hydrogens is 534 g/mol. The normalized spacial score (nSPS) is 16.6. The van der Waals surface area contributed by atoms with E-state index in [1.807, 2.05) is 66.7 Å². The molecule has 0 fully saturated rings. The minimum absolute atomic E-state index is 0.0695. The van der Waals surface area contributed by atoms with Gasteiger partial charge in [-0.15, -0.1) is 0 Å². The Kier molecular flexibility index (Phi) is 8.33. The SMILES string of the molecule is COc1ccc(CC(=O)N2CCc3ccccc3C2(c2ccccc2)C(Oc2cc(OC)cc(OC)c2)C(=O)O)cc1. The van der Waals surface area contributed by atoms with Crippen LogP contribution in [0.2, 0.25) is 0 Å². The Morgan fingerprint density at radius 2 is 1.38 bits per heavy atom. The van der Waals surface area contributed by atoms with Gasteiger partial charge in [0.25, 0.3) is 0 Å². The van der Waals surface area contributed by atoms with Crippen molar-refractivity contribution >= 4 is 11.9 Å². The zero-order chi connectivity index (χ0) is 29.7. The number of carboxylic acid groups (broad SMARTS) is 1. The second kappa shape index (κ2) is 12.3. The van der Waals surface area contributed by atoms with Crippen molar-refractivity contribution in [1.29, 1.82) is 0 Å². The lowest BCUT2D eigenvalue weighted by atomic mass is 9.71. The number of fused-ring (bicyclic) bond motifs is 1. The molecular formula is C34H33NO7. The van der Waals surface area contributed by atoms with E-state index >= 15 is 0 Å². The first-order valence-corrected chi connectivity index (χ1v) is 13.6. The number of amides is 1. The fourth-order valence-electron chi connectivity index (χ4n) is 5.74. The minimum atomic E-state index is -1.53. The number of nitrogens with zero attached hydrogens (tertiary/aromatic N) is 1. The van der Waals surface area contributed by atoms with E-state index in [1.165, 1.54) is 14.2 Å². The van der Waals surface area contributed by atoms with Gasteiger partial charge < -0.3 is 29.0 Å². The molecule has 2 unspecified atom stereocenters. The maximum Gasteiger partial charge on any atom is 0.348 e. The lowest BCUT2D eigenvalue weighted by molar-refractivity contribution is -0.157. The monoisotopic (exact) mass is 567 g/mol. The summed E-state index contributed by atoms with van der Waals surface area (Å²) in [7, 11) is 4.61. The van der Waals surface area contributed by atoms with Crippen LogP contribution in [0.4, 0.5) is 0 Å². The molecule has 5 rings (SSSR count). The quantitative estimate of drug-likeness (QED) is 0.284. The van der Waals surface area contributed by atoms with Gasteiger partial charge in [0.05, 0.1) is 27.8 Å². The molecule has 4 aromatic rings. The number of methoxy groups -OCH3 is 3. The molecule has 2 atom stereocenters. The predicted octanol–water partition coefficient (Wildman–Crippen LogP) is 5.12. The number of rotatable bonds is 10. The van der Waals surface area contributed by atoms with Gasteiger partial charge in [0.15, 0.2) is 0 Å². The smallest absolute Gasteiger partial charge is 0.348 e. The van der Waals surface area contributed by atoms with Gasteiger partial charge in [-0.2, -0.15) is 0 Å². The molecule has 1 aliphatic rings. The van der Waals surface area contributed by atoms with Crippen LogP contribution in [0, 0.1) is 0 Å². The van der Waals surface area contributed by atoms with Crippen molar-refractivity contribution in [2.24, 2.45) is 0 Å². The molecule has 0 saturated heterocycles. The average Bonchev–Trinajstić information content (AvgIpc) is 3.03. The molecule has 1 heterocycles. The fraction of sp³-hybridized carbons (Fsp3) is 0.235. The molecule has 8 heteroatoms. The third-order valence-corrected chi connectivity index (χ3v) is 7.67. The van der Waals surface area contributed by atoms with Crippen LogP contribution in [0.15, 0.2) is 97.1 Å². The Morgan fingerprint density at radius 3 is 2.00 bits per heavy atom. The second-order valence-corrected chi connectivity index (χ2v) is 9.99. The molecule has 0 bridgehead atoms. The first kappa shape index (κ1) is 28.5. The molecule has 4 aromatic carbocycles. The first-order valence-electron chi connectivity index (χ1n) is 13.6. The number of ether oxygens (including phenoxy) is 4. The van der Waals surface area contributed by atoms with Crippen molar-refractivity contribution in [3.8, 4) is 23.0 Å². The summed E-state index contributed by atoms with van der Waals surface area (Å²) in [4.78, 5) is 29.3. The number of carbonyl (C=O) groups excluding carboxylic acids is 1. The van der Waals surface area contributed by atoms with Gasteiger partial charge in [0.1, 0.15) is 28.5 Å². The van der Waals surface area contributed by atoms with Gasteiger partial charge in [0, 0.05) is 24.7 Å². The Bertz CT molecular complexity index is 1530. The van der Waals surface area contributed by atoms with Crippen molar-refractivity contribution < 1.29 is 33.6 Å². The van der Waals surface area contributed by atoms with Crippen LogP contribution in [-0.2, 0) is 28.0 Å². The van der Waals surface area contributed by atoms with E-state index in [0.717, 1.165) is 11.1 Å². The summed E-state index contributed by atoms with van der Waals surface area (Å²) >= 11 is 0. The van der Waals surface area contributed by atoms with Crippen LogP contribution in [0.3, 0.4) is 0 Å². The van der Waals surface area contributed by atoms with Crippen molar-refractivity contribution in [1.82, 2.24) is 4.90 Å². The zero-order valence-electron chi connectivity index (χ0n) is 23.8. The van der Waals surface area contributed by atoms with E-state index in [4.69, 9.17) is 18.9 Å². The van der Waals surface area contributed by atoms with Gasteiger partial charge in [-0.25, -0.2) is 4.79 Å². The van der Waals surface area contributed by atoms with Crippen LogP contribution in [0.25, 0.3) is 0 Å². The van der Waals surface area contributed by atoms with Crippen molar-refractivity contribution in [3.63, 3.8) is 0 Å². The summed E-state index contributed by atoms with van der Waals surface area (Å²) in [6.45, 7) is 0.301. The second-order valence-electron chi connectivity index (χ2n) is 9.99. The Labute approximate surface area is 245 Å². The maximum atomic E-state index is 14.3. The summed E-state index contributed by atoms with van der Waals surface area (Å²) in [6, 6.07) is 29.1. The Morgan fingerprint density at radius 1 is 0.786 bits per heavy atom. The number of hydrogen-bond acceptors (Lipinski definition) is 6. The molecule has 8 nitrogen and oxygen atoms in total. The van der Waals surface area contributed by atoms with Gasteiger partial charge in [-0.3, -0.25) is 4.79 Å². The van der Waals surface area contributed by atoms with Gasteiger partial charge in [-0.1, -0.05) is 66.7 Å². The standard InChI is InChI=1S/C34H33NO7/c1-39-26-15-13-23(14-16-26)19-31(36)35-18-17-24-9-7-8-12-30(24)34(35,25-10-5-4-6-11-25)32(33(37)38)42-29-21-27(40-2)20-28(22-29)41-3/h4-16,20-22,32H,17-19H2,1-3H3,(H,37,38). The fourth-order valence-corrected chi connectivity index (χ4v) is 5.74. The predicted molar refractivity (Wildman–Crippen MR) is 157 cm³/mol. The molecule has 1 N–H and O–H groups in total. The molecule has 0 radical (unpaired) electrons. The highest BCUT2D eigenvalue weighted by Crippen LogP contribution is 2.46. The third-order valence-electron chi connectivity index (χ3n) is 7.67. The lowest BCUT2D eigenvalue weighted by Gasteiger charge is -2.51. The molecule has 1 amide bonds. The maximum absolute atomic E-state index is 14.3. The summed E-state index contributed by atoms with van der Waals surface area (Å²) < 4.78 is 22.5. The van der Waals surface area contributed by atoms with Crippen molar-refractivity contribution in [2.45, 2.75) is 24.5 Å². The van der Waals surface area contributed by atoms with Crippen LogP contribution >= 0.6 is 0 Å². The highest BCUT2D eigenvalue weighted by Gasteiger charge is 2.56. The molecule has 0 saturated carbocycles. The summed E-state index contributed by atoms with van der Waals surface area (Å²) in [5.41, 5.74) is 1.57. The van der Waals surface area contributed by atoms with Crippen LogP contribution in [0.5, 0.6) is 23.0 Å². The number of carboxylic acids is 1. The molecule has 1 aliphatic heterocycles. The van der Waals surface area contributed by atoms with E-state index < -0.39 is 17.6 Å². The lowest BCUT2D eigenvalue weighted by Crippen LogP contribution is -2.64. The van der Waals surface area contributed by atoms with E-state index in [1.54, 1.807) is 42.3 Å². The van der Waals surface area contributed by atoms with E-state index in [9.17, 15) is 14.7 Å².